The lowest BCUT2D eigenvalue weighted by Gasteiger charge is -2.16. The van der Waals surface area contributed by atoms with Crippen molar-refractivity contribution in [3.8, 4) is 0 Å². The van der Waals surface area contributed by atoms with Gasteiger partial charge in [-0.1, -0.05) is 13.8 Å². The van der Waals surface area contributed by atoms with Crippen LogP contribution in [-0.2, 0) is 4.79 Å². The monoisotopic (exact) mass is 269 g/mol. The topological polar surface area (TPSA) is 144 Å². The number of rotatable bonds is 6. The Bertz CT molecular complexity index is 491. The van der Waals surface area contributed by atoms with Crippen LogP contribution in [0.4, 0.5) is 17.5 Å². The highest BCUT2D eigenvalue weighted by Gasteiger charge is 2.21. The fraction of sp³-hybridized carbons (Fsp3) is 0.500. The van der Waals surface area contributed by atoms with Crippen molar-refractivity contribution in [1.82, 2.24) is 9.97 Å². The van der Waals surface area contributed by atoms with E-state index in [1.165, 1.54) is 0 Å². The van der Waals surface area contributed by atoms with Gasteiger partial charge in [-0.05, 0) is 12.3 Å². The molecule has 1 unspecified atom stereocenters. The van der Waals surface area contributed by atoms with Gasteiger partial charge in [0.15, 0.2) is 0 Å². The molecule has 0 aliphatic rings. The van der Waals surface area contributed by atoms with Crippen LogP contribution < -0.4 is 11.1 Å². The number of aromatic nitrogens is 2. The number of nitrogens with two attached hydrogens (primary N) is 1. The highest BCUT2D eigenvalue weighted by atomic mass is 16.6. The van der Waals surface area contributed by atoms with Crippen molar-refractivity contribution in [2.75, 3.05) is 11.1 Å². The van der Waals surface area contributed by atoms with Gasteiger partial charge in [0.25, 0.3) is 0 Å². The van der Waals surface area contributed by atoms with E-state index in [0.717, 1.165) is 6.20 Å². The van der Waals surface area contributed by atoms with Gasteiger partial charge in [-0.2, -0.15) is 4.98 Å². The average molecular weight is 269 g/mol. The van der Waals surface area contributed by atoms with Gasteiger partial charge < -0.3 is 16.2 Å². The quantitative estimate of drug-likeness (QED) is 0.509. The van der Waals surface area contributed by atoms with Crippen LogP contribution >= 0.6 is 0 Å². The van der Waals surface area contributed by atoms with Crippen molar-refractivity contribution in [1.29, 1.82) is 0 Å². The number of nitrogen functional groups attached to an aromatic ring is 1. The summed E-state index contributed by atoms with van der Waals surface area (Å²) in [4.78, 5) is 28.2. The Kier molecular flexibility index (Phi) is 4.56. The molecule has 9 nitrogen and oxygen atoms in total. The summed E-state index contributed by atoms with van der Waals surface area (Å²) in [5.74, 6) is -1.24. The Morgan fingerprint density at radius 3 is 2.68 bits per heavy atom. The Balaban J connectivity index is 2.88. The predicted octanol–water partition coefficient (Wildman–Crippen LogP) is 0.878. The first-order valence-corrected chi connectivity index (χ1v) is 5.57. The van der Waals surface area contributed by atoms with Crippen LogP contribution in [0.25, 0.3) is 0 Å². The molecule has 0 bridgehead atoms. The van der Waals surface area contributed by atoms with E-state index in [1.54, 1.807) is 0 Å². The third kappa shape index (κ3) is 4.05. The zero-order chi connectivity index (χ0) is 14.6. The van der Waals surface area contributed by atoms with E-state index in [1.807, 2.05) is 13.8 Å². The number of anilines is 2. The summed E-state index contributed by atoms with van der Waals surface area (Å²) in [6.45, 7) is 3.76. The fourth-order valence-electron chi connectivity index (χ4n) is 1.45. The Labute approximate surface area is 109 Å². The summed E-state index contributed by atoms with van der Waals surface area (Å²) in [5, 5.41) is 22.2. The van der Waals surface area contributed by atoms with Crippen LogP contribution in [0.5, 0.6) is 0 Å². The van der Waals surface area contributed by atoms with Crippen molar-refractivity contribution < 1.29 is 14.8 Å². The minimum absolute atomic E-state index is 0.0452. The van der Waals surface area contributed by atoms with E-state index in [0.29, 0.717) is 6.42 Å². The lowest BCUT2D eigenvalue weighted by atomic mass is 10.0. The number of nitrogens with one attached hydrogen (secondary N) is 1. The molecule has 1 aromatic rings. The second-order valence-corrected chi connectivity index (χ2v) is 4.39. The summed E-state index contributed by atoms with van der Waals surface area (Å²) in [5.41, 5.74) is 4.98. The van der Waals surface area contributed by atoms with Gasteiger partial charge in [-0.25, -0.2) is 9.78 Å². The van der Waals surface area contributed by atoms with Gasteiger partial charge in [0.05, 0.1) is 4.92 Å². The van der Waals surface area contributed by atoms with E-state index in [4.69, 9.17) is 10.8 Å². The molecule has 0 saturated carbocycles. The summed E-state index contributed by atoms with van der Waals surface area (Å²) >= 11 is 0. The Morgan fingerprint density at radius 1 is 1.63 bits per heavy atom. The molecule has 1 aromatic heterocycles. The van der Waals surface area contributed by atoms with Gasteiger partial charge in [-0.15, -0.1) is 0 Å². The van der Waals surface area contributed by atoms with Gasteiger partial charge in [0, 0.05) is 0 Å². The van der Waals surface area contributed by atoms with Crippen molar-refractivity contribution in [3.05, 3.63) is 16.3 Å². The van der Waals surface area contributed by atoms with Gasteiger partial charge >= 0.3 is 11.7 Å². The van der Waals surface area contributed by atoms with Crippen LogP contribution in [0.3, 0.4) is 0 Å². The number of aliphatic carboxylic acids is 1. The standard InChI is InChI=1S/C10H15N5O4/c1-5(2)3-6(9(16)17)13-10-12-4-7(15(18)19)8(11)14-10/h4-6H,3H2,1-2H3,(H,16,17)(H3,11,12,13,14). The average Bonchev–Trinajstić information content (AvgIpc) is 2.26. The molecule has 9 heteroatoms. The molecule has 0 aliphatic carbocycles. The molecule has 1 rings (SSSR count). The fourth-order valence-corrected chi connectivity index (χ4v) is 1.45. The zero-order valence-electron chi connectivity index (χ0n) is 10.5. The van der Waals surface area contributed by atoms with Crippen molar-refractivity contribution in [2.24, 2.45) is 5.92 Å². The van der Waals surface area contributed by atoms with Gasteiger partial charge in [0.1, 0.15) is 12.2 Å². The molecule has 4 N–H and O–H groups in total. The molecule has 0 spiro atoms. The molecule has 0 amide bonds. The smallest absolute Gasteiger partial charge is 0.329 e. The van der Waals surface area contributed by atoms with Crippen LogP contribution in [-0.4, -0.2) is 32.0 Å². The molecule has 104 valence electrons. The maximum absolute atomic E-state index is 11.0. The number of hydrogen-bond acceptors (Lipinski definition) is 7. The molecule has 1 atom stereocenters. The van der Waals surface area contributed by atoms with Crippen LogP contribution in [0.1, 0.15) is 20.3 Å². The molecule has 19 heavy (non-hydrogen) atoms. The van der Waals surface area contributed by atoms with E-state index >= 15 is 0 Å². The summed E-state index contributed by atoms with van der Waals surface area (Å²) in [7, 11) is 0. The van der Waals surface area contributed by atoms with Crippen LogP contribution in [0, 0.1) is 16.0 Å². The normalized spacial score (nSPS) is 12.2. The Morgan fingerprint density at radius 2 is 2.26 bits per heavy atom. The van der Waals surface area contributed by atoms with Crippen LogP contribution in [0.15, 0.2) is 6.20 Å². The molecular formula is C10H15N5O4. The maximum atomic E-state index is 11.0. The lowest BCUT2D eigenvalue weighted by molar-refractivity contribution is -0.384. The first-order valence-electron chi connectivity index (χ1n) is 5.57. The van der Waals surface area contributed by atoms with Gasteiger partial charge in [-0.3, -0.25) is 10.1 Å². The van der Waals surface area contributed by atoms with Crippen LogP contribution in [0.2, 0.25) is 0 Å². The summed E-state index contributed by atoms with van der Waals surface area (Å²) < 4.78 is 0. The molecular weight excluding hydrogens is 254 g/mol. The Hall–Kier alpha value is -2.45. The molecule has 0 radical (unpaired) electrons. The number of nitro groups is 1. The number of nitrogens with zero attached hydrogens (tertiary/aromatic N) is 3. The lowest BCUT2D eigenvalue weighted by Crippen LogP contribution is -2.31. The molecule has 0 fully saturated rings. The minimum Gasteiger partial charge on any atom is -0.480 e. The highest BCUT2D eigenvalue weighted by Crippen LogP contribution is 2.19. The zero-order valence-corrected chi connectivity index (χ0v) is 10.5. The minimum atomic E-state index is -1.05. The summed E-state index contributed by atoms with van der Waals surface area (Å²) in [6, 6.07) is -0.874. The first-order chi connectivity index (χ1) is 8.81. The largest absolute Gasteiger partial charge is 0.480 e. The number of carboxylic acids is 1. The highest BCUT2D eigenvalue weighted by molar-refractivity contribution is 5.76. The number of hydrogen-bond donors (Lipinski definition) is 3. The number of carbonyl (C=O) groups is 1. The molecule has 0 aromatic carbocycles. The molecule has 1 heterocycles. The third-order valence-corrected chi connectivity index (χ3v) is 2.30. The van der Waals surface area contributed by atoms with Crippen molar-refractivity contribution >= 4 is 23.4 Å². The predicted molar refractivity (Wildman–Crippen MR) is 67.6 cm³/mol. The number of carboxylic acid groups (broad SMARTS) is 1. The van der Waals surface area contributed by atoms with E-state index in [9.17, 15) is 14.9 Å². The molecule has 0 saturated heterocycles. The van der Waals surface area contributed by atoms with E-state index in [-0.39, 0.29) is 17.7 Å². The molecule has 0 aliphatic heterocycles. The maximum Gasteiger partial charge on any atom is 0.329 e. The SMILES string of the molecule is CC(C)CC(Nc1ncc([N+](=O)[O-])c(N)n1)C(=O)O. The first kappa shape index (κ1) is 14.6. The third-order valence-electron chi connectivity index (χ3n) is 2.30. The van der Waals surface area contributed by atoms with E-state index in [2.05, 4.69) is 15.3 Å². The summed E-state index contributed by atoms with van der Waals surface area (Å²) in [6.07, 6.45) is 1.31. The van der Waals surface area contributed by atoms with Crippen molar-refractivity contribution in [3.63, 3.8) is 0 Å². The van der Waals surface area contributed by atoms with Crippen molar-refractivity contribution in [2.45, 2.75) is 26.3 Å². The second-order valence-electron chi connectivity index (χ2n) is 4.39. The van der Waals surface area contributed by atoms with E-state index < -0.39 is 22.6 Å². The van der Waals surface area contributed by atoms with Gasteiger partial charge in [0.2, 0.25) is 11.8 Å². The second kappa shape index (κ2) is 5.94.